The molecule has 0 aliphatic carbocycles. The number of hydrogen-bond donors (Lipinski definition) is 0. The first-order valence-electron chi connectivity index (χ1n) is 6.00. The molecule has 0 unspecified atom stereocenters. The molecule has 0 N–H and O–H groups in total. The average molecular weight is 219 g/mol. The number of methoxy groups -OCH3 is 1. The van der Waals surface area contributed by atoms with Gasteiger partial charge in [0.15, 0.2) is 0 Å². The van der Waals surface area contributed by atoms with Gasteiger partial charge in [-0.2, -0.15) is 0 Å². The molecule has 1 aliphatic heterocycles. The highest BCUT2D eigenvalue weighted by Crippen LogP contribution is 2.31. The maximum Gasteiger partial charge on any atom is 0.122 e. The molecule has 2 nitrogen and oxygen atoms in total. The predicted octanol–water partition coefficient (Wildman–Crippen LogP) is 2.81. The minimum absolute atomic E-state index is 0.521. The van der Waals surface area contributed by atoms with Crippen molar-refractivity contribution in [3.8, 4) is 5.75 Å². The molecule has 88 valence electrons. The van der Waals surface area contributed by atoms with Crippen molar-refractivity contribution in [1.82, 2.24) is 4.90 Å². The lowest BCUT2D eigenvalue weighted by Crippen LogP contribution is -2.26. The second-order valence-corrected chi connectivity index (χ2v) is 5.01. The van der Waals surface area contributed by atoms with Gasteiger partial charge in [0.25, 0.3) is 0 Å². The van der Waals surface area contributed by atoms with Crippen LogP contribution in [0, 0.1) is 0 Å². The van der Waals surface area contributed by atoms with Crippen molar-refractivity contribution in [2.45, 2.75) is 32.7 Å². The zero-order valence-corrected chi connectivity index (χ0v) is 10.7. The molecule has 1 aliphatic rings. The Morgan fingerprint density at radius 3 is 2.62 bits per heavy atom. The summed E-state index contributed by atoms with van der Waals surface area (Å²) in [7, 11) is 3.95. The summed E-state index contributed by atoms with van der Waals surface area (Å²) in [5, 5.41) is 0. The van der Waals surface area contributed by atoms with E-state index in [0.29, 0.717) is 5.92 Å². The Morgan fingerprint density at radius 1 is 1.25 bits per heavy atom. The largest absolute Gasteiger partial charge is 0.496 e. The van der Waals surface area contributed by atoms with Gasteiger partial charge in [0.05, 0.1) is 7.11 Å². The summed E-state index contributed by atoms with van der Waals surface area (Å²) in [6.07, 6.45) is 1.14. The van der Waals surface area contributed by atoms with Crippen LogP contribution in [0.4, 0.5) is 0 Å². The topological polar surface area (TPSA) is 12.5 Å². The lowest BCUT2D eigenvalue weighted by molar-refractivity contribution is 0.311. The molecule has 2 heteroatoms. The molecule has 1 aromatic rings. The number of ether oxygens (including phenoxy) is 1. The lowest BCUT2D eigenvalue weighted by atomic mass is 9.92. The van der Waals surface area contributed by atoms with Gasteiger partial charge in [-0.1, -0.05) is 19.9 Å². The quantitative estimate of drug-likeness (QED) is 0.758. The smallest absolute Gasteiger partial charge is 0.122 e. The third kappa shape index (κ3) is 2.07. The van der Waals surface area contributed by atoms with Gasteiger partial charge < -0.3 is 9.64 Å². The maximum atomic E-state index is 5.49. The Kier molecular flexibility index (Phi) is 3.20. The van der Waals surface area contributed by atoms with Crippen molar-refractivity contribution in [3.63, 3.8) is 0 Å². The molecule has 0 saturated heterocycles. The van der Waals surface area contributed by atoms with Crippen molar-refractivity contribution >= 4 is 0 Å². The maximum absolute atomic E-state index is 5.49. The van der Waals surface area contributed by atoms with E-state index in [1.165, 1.54) is 16.7 Å². The third-order valence-electron chi connectivity index (χ3n) is 3.38. The van der Waals surface area contributed by atoms with E-state index >= 15 is 0 Å². The van der Waals surface area contributed by atoms with Crippen molar-refractivity contribution in [2.24, 2.45) is 0 Å². The molecule has 0 amide bonds. The van der Waals surface area contributed by atoms with E-state index in [4.69, 9.17) is 4.74 Å². The molecule has 0 spiro atoms. The number of benzene rings is 1. The van der Waals surface area contributed by atoms with Crippen LogP contribution >= 0.6 is 0 Å². The highest BCUT2D eigenvalue weighted by atomic mass is 16.5. The molecule has 0 saturated carbocycles. The van der Waals surface area contributed by atoms with E-state index < -0.39 is 0 Å². The van der Waals surface area contributed by atoms with E-state index in [1.54, 1.807) is 7.11 Å². The molecule has 0 atom stereocenters. The number of fused-ring (bicyclic) bond motifs is 1. The van der Waals surface area contributed by atoms with Gasteiger partial charge >= 0.3 is 0 Å². The van der Waals surface area contributed by atoms with Crippen LogP contribution in [0.2, 0.25) is 0 Å². The number of nitrogens with zero attached hydrogens (tertiary/aromatic N) is 1. The van der Waals surface area contributed by atoms with Gasteiger partial charge in [-0.15, -0.1) is 0 Å². The fourth-order valence-corrected chi connectivity index (χ4v) is 2.37. The predicted molar refractivity (Wildman–Crippen MR) is 67.1 cm³/mol. The van der Waals surface area contributed by atoms with Gasteiger partial charge in [0.2, 0.25) is 0 Å². The molecule has 0 aromatic heterocycles. The van der Waals surface area contributed by atoms with Crippen LogP contribution < -0.4 is 4.74 Å². The second kappa shape index (κ2) is 4.46. The Bertz CT molecular complexity index is 385. The number of rotatable bonds is 2. The molecule has 0 fully saturated rings. The minimum atomic E-state index is 0.521. The second-order valence-electron chi connectivity index (χ2n) is 5.01. The Labute approximate surface area is 98.2 Å². The van der Waals surface area contributed by atoms with Gasteiger partial charge in [-0.05, 0) is 42.1 Å². The van der Waals surface area contributed by atoms with Gasteiger partial charge in [-0.3, -0.25) is 0 Å². The first-order chi connectivity index (χ1) is 7.61. The number of hydrogen-bond acceptors (Lipinski definition) is 2. The Hall–Kier alpha value is -1.02. The normalized spacial score (nSPS) is 16.3. The SMILES string of the molecule is COc1cc2c(cc1C(C)C)CN(C)CC2. The minimum Gasteiger partial charge on any atom is -0.496 e. The first-order valence-corrected chi connectivity index (χ1v) is 6.00. The highest BCUT2D eigenvalue weighted by Gasteiger charge is 2.17. The molecule has 16 heavy (non-hydrogen) atoms. The monoisotopic (exact) mass is 219 g/mol. The summed E-state index contributed by atoms with van der Waals surface area (Å²) >= 11 is 0. The molecule has 1 aromatic carbocycles. The summed E-state index contributed by atoms with van der Waals surface area (Å²) in [5.74, 6) is 1.57. The summed E-state index contributed by atoms with van der Waals surface area (Å²) in [6.45, 7) is 6.66. The standard InChI is InChI=1S/C14H21NO/c1-10(2)13-7-12-9-15(3)6-5-11(12)8-14(13)16-4/h7-8,10H,5-6,9H2,1-4H3. The summed E-state index contributed by atoms with van der Waals surface area (Å²) < 4.78 is 5.49. The fraction of sp³-hybridized carbons (Fsp3) is 0.571. The molecule has 1 heterocycles. The van der Waals surface area contributed by atoms with Gasteiger partial charge in [0.1, 0.15) is 5.75 Å². The van der Waals surface area contributed by atoms with E-state index in [1.807, 2.05) is 0 Å². The zero-order valence-electron chi connectivity index (χ0n) is 10.7. The van der Waals surface area contributed by atoms with Gasteiger partial charge in [0, 0.05) is 13.1 Å². The summed E-state index contributed by atoms with van der Waals surface area (Å²) in [6, 6.07) is 4.56. The summed E-state index contributed by atoms with van der Waals surface area (Å²) in [5.41, 5.74) is 4.26. The highest BCUT2D eigenvalue weighted by molar-refractivity contribution is 5.45. The van der Waals surface area contributed by atoms with E-state index in [2.05, 4.69) is 37.9 Å². The van der Waals surface area contributed by atoms with Crippen molar-refractivity contribution < 1.29 is 4.74 Å². The molecular weight excluding hydrogens is 198 g/mol. The third-order valence-corrected chi connectivity index (χ3v) is 3.38. The number of likely N-dealkylation sites (N-methyl/N-ethyl adjacent to an activating group) is 1. The van der Waals surface area contributed by atoms with Crippen molar-refractivity contribution in [2.75, 3.05) is 20.7 Å². The molecule has 0 radical (unpaired) electrons. The van der Waals surface area contributed by atoms with Crippen LogP contribution in [0.3, 0.4) is 0 Å². The Balaban J connectivity index is 2.44. The first kappa shape index (κ1) is 11.5. The van der Waals surface area contributed by atoms with E-state index in [9.17, 15) is 0 Å². The van der Waals surface area contributed by atoms with Gasteiger partial charge in [-0.25, -0.2) is 0 Å². The van der Waals surface area contributed by atoms with Crippen molar-refractivity contribution in [3.05, 3.63) is 28.8 Å². The van der Waals surface area contributed by atoms with E-state index in [-0.39, 0.29) is 0 Å². The molecular formula is C14H21NO. The van der Waals surface area contributed by atoms with Crippen LogP contribution in [-0.4, -0.2) is 25.6 Å². The van der Waals surface area contributed by atoms with Crippen LogP contribution in [-0.2, 0) is 13.0 Å². The van der Waals surface area contributed by atoms with E-state index in [0.717, 1.165) is 25.3 Å². The van der Waals surface area contributed by atoms with Crippen LogP contribution in [0.15, 0.2) is 12.1 Å². The van der Waals surface area contributed by atoms with Crippen LogP contribution in [0.25, 0.3) is 0 Å². The zero-order chi connectivity index (χ0) is 11.7. The summed E-state index contributed by atoms with van der Waals surface area (Å²) in [4.78, 5) is 2.37. The molecule has 2 rings (SSSR count). The Morgan fingerprint density at radius 2 is 2.00 bits per heavy atom. The fourth-order valence-electron chi connectivity index (χ4n) is 2.37. The molecule has 0 bridgehead atoms. The van der Waals surface area contributed by atoms with Crippen molar-refractivity contribution in [1.29, 1.82) is 0 Å². The van der Waals surface area contributed by atoms with Crippen LogP contribution in [0.1, 0.15) is 36.5 Å². The lowest BCUT2D eigenvalue weighted by Gasteiger charge is -2.27. The average Bonchev–Trinajstić information content (AvgIpc) is 2.27. The van der Waals surface area contributed by atoms with Crippen LogP contribution in [0.5, 0.6) is 5.75 Å².